The van der Waals surface area contributed by atoms with Crippen LogP contribution in [0.1, 0.15) is 5.56 Å². The Balaban J connectivity index is 1.56. The molecule has 0 fully saturated rings. The maximum atomic E-state index is 12.2. The minimum absolute atomic E-state index is 0.0851. The Kier molecular flexibility index (Phi) is 6.17. The molecule has 0 saturated heterocycles. The molecule has 0 radical (unpaired) electrons. The van der Waals surface area contributed by atoms with E-state index in [2.05, 4.69) is 36.5 Å². The highest BCUT2D eigenvalue weighted by molar-refractivity contribution is 5.92. The number of amides is 1. The van der Waals surface area contributed by atoms with Crippen LogP contribution in [-0.2, 0) is 4.79 Å². The fourth-order valence-corrected chi connectivity index (χ4v) is 2.75. The number of hydrogen-bond acceptors (Lipinski definition) is 4. The van der Waals surface area contributed by atoms with E-state index >= 15 is 0 Å². The molecule has 0 aliphatic carbocycles. The van der Waals surface area contributed by atoms with Crippen molar-refractivity contribution in [1.29, 1.82) is 0 Å². The number of carbonyl (C=O) groups excluding carboxylic acids is 1. The van der Waals surface area contributed by atoms with Gasteiger partial charge in [-0.15, -0.1) is 0 Å². The second-order valence-electron chi connectivity index (χ2n) is 6.30. The van der Waals surface area contributed by atoms with Gasteiger partial charge in [-0.1, -0.05) is 42.0 Å². The first-order valence-electron chi connectivity index (χ1n) is 8.91. The molecule has 0 bridgehead atoms. The Morgan fingerprint density at radius 1 is 0.821 bits per heavy atom. The van der Waals surface area contributed by atoms with Gasteiger partial charge in [0.1, 0.15) is 5.75 Å². The average Bonchev–Trinajstić information content (AvgIpc) is 2.73. The van der Waals surface area contributed by atoms with Gasteiger partial charge in [-0.05, 0) is 42.3 Å². The maximum absolute atomic E-state index is 12.2. The second-order valence-corrected chi connectivity index (χ2v) is 6.30. The molecule has 144 valence electrons. The molecule has 1 amide bonds. The summed E-state index contributed by atoms with van der Waals surface area (Å²) in [5.74, 6) is 1.53. The number of benzene rings is 3. The van der Waals surface area contributed by atoms with Gasteiger partial charge in [-0.25, -0.2) is 0 Å². The van der Waals surface area contributed by atoms with Gasteiger partial charge in [-0.3, -0.25) is 4.79 Å². The third-order valence-corrected chi connectivity index (χ3v) is 4.28. The number of nitrogens with one attached hydrogen (secondary N) is 1. The molecule has 5 nitrogen and oxygen atoms in total. The zero-order chi connectivity index (χ0) is 19.9. The summed E-state index contributed by atoms with van der Waals surface area (Å²) >= 11 is 0. The smallest absolute Gasteiger partial charge is 0.262 e. The highest BCUT2D eigenvalue weighted by atomic mass is 16.5. The summed E-state index contributed by atoms with van der Waals surface area (Å²) in [5.41, 5.74) is 4.08. The standard InChI is InChI=1S/C23H23NO4/c1-16-4-6-17(7-5-16)18-8-11-20(12-9-18)28-15-23(25)24-19-10-13-21(26-2)22(14-19)27-3/h4-14H,15H2,1-3H3,(H,24,25). The van der Waals surface area contributed by atoms with Crippen molar-refractivity contribution in [2.75, 3.05) is 26.1 Å². The Labute approximate surface area is 164 Å². The molecular weight excluding hydrogens is 354 g/mol. The Morgan fingerprint density at radius 3 is 2.04 bits per heavy atom. The van der Waals surface area contributed by atoms with Crippen LogP contribution in [-0.4, -0.2) is 26.7 Å². The van der Waals surface area contributed by atoms with Crippen LogP contribution < -0.4 is 19.5 Å². The zero-order valence-electron chi connectivity index (χ0n) is 16.2. The van der Waals surface area contributed by atoms with Crippen molar-refractivity contribution in [2.24, 2.45) is 0 Å². The summed E-state index contributed by atoms with van der Waals surface area (Å²) in [6, 6.07) is 21.2. The van der Waals surface area contributed by atoms with Gasteiger partial charge in [0, 0.05) is 11.8 Å². The summed E-state index contributed by atoms with van der Waals surface area (Å²) in [4.78, 5) is 12.2. The van der Waals surface area contributed by atoms with Gasteiger partial charge in [0.2, 0.25) is 0 Å². The predicted octanol–water partition coefficient (Wildman–Crippen LogP) is 4.70. The first-order valence-corrected chi connectivity index (χ1v) is 8.91. The van der Waals surface area contributed by atoms with Crippen molar-refractivity contribution in [3.05, 3.63) is 72.3 Å². The molecule has 0 atom stereocenters. The van der Waals surface area contributed by atoms with E-state index in [1.54, 1.807) is 32.4 Å². The normalized spacial score (nSPS) is 10.2. The van der Waals surface area contributed by atoms with Crippen molar-refractivity contribution in [3.63, 3.8) is 0 Å². The van der Waals surface area contributed by atoms with Gasteiger partial charge >= 0.3 is 0 Å². The molecule has 3 aromatic rings. The van der Waals surface area contributed by atoms with Gasteiger partial charge < -0.3 is 19.5 Å². The Bertz CT molecular complexity index is 934. The average molecular weight is 377 g/mol. The first-order chi connectivity index (χ1) is 13.6. The molecule has 0 aliphatic rings. The van der Waals surface area contributed by atoms with Crippen molar-refractivity contribution < 1.29 is 19.0 Å². The first kappa shape index (κ1) is 19.3. The maximum Gasteiger partial charge on any atom is 0.262 e. The summed E-state index contributed by atoms with van der Waals surface area (Å²) in [7, 11) is 3.11. The van der Waals surface area contributed by atoms with E-state index in [9.17, 15) is 4.79 Å². The van der Waals surface area contributed by atoms with Crippen LogP contribution >= 0.6 is 0 Å². The van der Waals surface area contributed by atoms with Crippen molar-refractivity contribution >= 4 is 11.6 Å². The van der Waals surface area contributed by atoms with Gasteiger partial charge in [0.15, 0.2) is 18.1 Å². The quantitative estimate of drug-likeness (QED) is 0.649. The summed E-state index contributed by atoms with van der Waals surface area (Å²) in [6.45, 7) is 1.98. The van der Waals surface area contributed by atoms with Crippen LogP contribution in [0.3, 0.4) is 0 Å². The van der Waals surface area contributed by atoms with Crippen LogP contribution in [0.2, 0.25) is 0 Å². The molecule has 3 rings (SSSR count). The van der Waals surface area contributed by atoms with E-state index in [4.69, 9.17) is 14.2 Å². The number of aryl methyl sites for hydroxylation is 1. The molecule has 0 aromatic heterocycles. The topological polar surface area (TPSA) is 56.8 Å². The molecule has 28 heavy (non-hydrogen) atoms. The fraction of sp³-hybridized carbons (Fsp3) is 0.174. The van der Waals surface area contributed by atoms with E-state index in [-0.39, 0.29) is 12.5 Å². The summed E-state index contributed by atoms with van der Waals surface area (Å²) < 4.78 is 16.0. The molecule has 1 N–H and O–H groups in total. The molecule has 0 saturated carbocycles. The fourth-order valence-electron chi connectivity index (χ4n) is 2.75. The number of carbonyl (C=O) groups is 1. The molecule has 3 aromatic carbocycles. The molecular formula is C23H23NO4. The minimum atomic E-state index is -0.255. The number of anilines is 1. The molecule has 0 spiro atoms. The van der Waals surface area contributed by atoms with Crippen LogP contribution in [0.25, 0.3) is 11.1 Å². The van der Waals surface area contributed by atoms with E-state index in [1.807, 2.05) is 24.3 Å². The highest BCUT2D eigenvalue weighted by Gasteiger charge is 2.08. The molecule has 5 heteroatoms. The summed E-state index contributed by atoms with van der Waals surface area (Å²) in [6.07, 6.45) is 0. The van der Waals surface area contributed by atoms with E-state index in [1.165, 1.54) is 5.56 Å². The third kappa shape index (κ3) is 4.82. The lowest BCUT2D eigenvalue weighted by Crippen LogP contribution is -2.20. The number of hydrogen-bond donors (Lipinski definition) is 1. The highest BCUT2D eigenvalue weighted by Crippen LogP contribution is 2.29. The lowest BCUT2D eigenvalue weighted by Gasteiger charge is -2.11. The van der Waals surface area contributed by atoms with Gasteiger partial charge in [-0.2, -0.15) is 0 Å². The van der Waals surface area contributed by atoms with Crippen LogP contribution in [0.15, 0.2) is 66.7 Å². The van der Waals surface area contributed by atoms with Gasteiger partial charge in [0.05, 0.1) is 14.2 Å². The molecule has 0 unspecified atom stereocenters. The monoisotopic (exact) mass is 377 g/mol. The zero-order valence-corrected chi connectivity index (χ0v) is 16.2. The van der Waals surface area contributed by atoms with Crippen molar-refractivity contribution in [2.45, 2.75) is 6.92 Å². The van der Waals surface area contributed by atoms with E-state index < -0.39 is 0 Å². The predicted molar refractivity (Wildman–Crippen MR) is 110 cm³/mol. The largest absolute Gasteiger partial charge is 0.493 e. The van der Waals surface area contributed by atoms with Crippen molar-refractivity contribution in [3.8, 4) is 28.4 Å². The Morgan fingerprint density at radius 2 is 1.43 bits per heavy atom. The SMILES string of the molecule is COc1ccc(NC(=O)COc2ccc(-c3ccc(C)cc3)cc2)cc1OC. The second kappa shape index (κ2) is 8.95. The minimum Gasteiger partial charge on any atom is -0.493 e. The number of ether oxygens (including phenoxy) is 3. The number of methoxy groups -OCH3 is 2. The number of rotatable bonds is 7. The van der Waals surface area contributed by atoms with Crippen LogP contribution in [0, 0.1) is 6.92 Å². The third-order valence-electron chi connectivity index (χ3n) is 4.28. The van der Waals surface area contributed by atoms with Crippen LogP contribution in [0.4, 0.5) is 5.69 Å². The van der Waals surface area contributed by atoms with Crippen molar-refractivity contribution in [1.82, 2.24) is 0 Å². The van der Waals surface area contributed by atoms with Crippen LogP contribution in [0.5, 0.6) is 17.2 Å². The van der Waals surface area contributed by atoms with E-state index in [0.717, 1.165) is 11.1 Å². The van der Waals surface area contributed by atoms with E-state index in [0.29, 0.717) is 22.9 Å². The molecule has 0 heterocycles. The molecule has 0 aliphatic heterocycles. The lowest BCUT2D eigenvalue weighted by atomic mass is 10.0. The summed E-state index contributed by atoms with van der Waals surface area (Å²) in [5, 5.41) is 2.78. The van der Waals surface area contributed by atoms with Gasteiger partial charge in [0.25, 0.3) is 5.91 Å². The Hall–Kier alpha value is -3.47. The lowest BCUT2D eigenvalue weighted by molar-refractivity contribution is -0.118.